The molecule has 3 heterocycles. The number of piperidine rings is 1. The van der Waals surface area contributed by atoms with E-state index in [2.05, 4.69) is 24.4 Å². The fourth-order valence-corrected chi connectivity index (χ4v) is 5.57. The normalized spacial score (nSPS) is 19.7. The number of carbonyl (C=O) groups is 1. The first-order chi connectivity index (χ1) is 19.5. The van der Waals surface area contributed by atoms with Crippen LogP contribution in [0.3, 0.4) is 0 Å². The van der Waals surface area contributed by atoms with Crippen LogP contribution >= 0.6 is 0 Å². The third kappa shape index (κ3) is 6.40. The summed E-state index contributed by atoms with van der Waals surface area (Å²) in [6.07, 6.45) is 5.26. The summed E-state index contributed by atoms with van der Waals surface area (Å²) in [6.45, 7) is 12.0. The lowest BCUT2D eigenvalue weighted by atomic mass is 9.81. The van der Waals surface area contributed by atoms with Gasteiger partial charge in [-0.05, 0) is 71.7 Å². The zero-order valence-electron chi connectivity index (χ0n) is 25.0. The molecule has 2 unspecified atom stereocenters. The van der Waals surface area contributed by atoms with Gasteiger partial charge in [0.15, 0.2) is 5.84 Å². The number of amides is 1. The lowest BCUT2D eigenvalue weighted by Gasteiger charge is -2.42. The molecule has 11 nitrogen and oxygen atoms in total. The van der Waals surface area contributed by atoms with Gasteiger partial charge in [-0.3, -0.25) is 19.7 Å². The van der Waals surface area contributed by atoms with Crippen molar-refractivity contribution in [2.75, 3.05) is 26.7 Å². The van der Waals surface area contributed by atoms with Crippen LogP contribution in [0, 0.1) is 11.3 Å². The predicted octanol–water partition coefficient (Wildman–Crippen LogP) is 3.25. The molecule has 5 N–H and O–H groups in total. The average Bonchev–Trinajstić information content (AvgIpc) is 3.27. The van der Waals surface area contributed by atoms with Gasteiger partial charge in [0, 0.05) is 43.7 Å². The molecule has 1 saturated heterocycles. The summed E-state index contributed by atoms with van der Waals surface area (Å²) in [7, 11) is 1.78. The Labute approximate surface area is 242 Å². The van der Waals surface area contributed by atoms with Crippen molar-refractivity contribution in [1.29, 1.82) is 5.41 Å². The standard InChI is InChI=1S/C30H43N9O2/c1-18(2)35-27(36-19(3)32)24-17-38-12-13-41-25-14-20(9-10-22(25)28(38)37-24)23(15-31)26(34-6)21-8-7-11-39(16-21)30(4,5)29(33)40/h9-10,14-15,17-18,21,23,31H,7-8,11-13,16H2,1-6H3,(H2,33,40)(H2,32,35,36). The second kappa shape index (κ2) is 12.3. The number of hydrogen-bond donors (Lipinski definition) is 3. The van der Waals surface area contributed by atoms with E-state index in [9.17, 15) is 4.79 Å². The number of amidine groups is 2. The Bertz CT molecular complexity index is 1380. The van der Waals surface area contributed by atoms with Crippen molar-refractivity contribution in [3.05, 3.63) is 35.7 Å². The van der Waals surface area contributed by atoms with Crippen molar-refractivity contribution >= 4 is 29.5 Å². The number of fused-ring (bicyclic) bond motifs is 3. The molecule has 4 rings (SSSR count). The molecule has 0 aliphatic carbocycles. The second-order valence-electron chi connectivity index (χ2n) is 11.5. The van der Waals surface area contributed by atoms with Crippen LogP contribution in [0.25, 0.3) is 11.4 Å². The Morgan fingerprint density at radius 3 is 2.66 bits per heavy atom. The van der Waals surface area contributed by atoms with Gasteiger partial charge in [0.25, 0.3) is 0 Å². The summed E-state index contributed by atoms with van der Waals surface area (Å²) in [5, 5.41) is 8.37. The van der Waals surface area contributed by atoms with Gasteiger partial charge in [-0.15, -0.1) is 0 Å². The summed E-state index contributed by atoms with van der Waals surface area (Å²) >= 11 is 0. The lowest BCUT2D eigenvalue weighted by molar-refractivity contribution is -0.129. The van der Waals surface area contributed by atoms with Crippen molar-refractivity contribution in [3.8, 4) is 17.1 Å². The van der Waals surface area contributed by atoms with Crippen LogP contribution < -0.4 is 16.2 Å². The molecule has 0 radical (unpaired) electrons. The Balaban J connectivity index is 1.67. The molecule has 1 aromatic heterocycles. The van der Waals surface area contributed by atoms with Gasteiger partial charge in [-0.25, -0.2) is 9.98 Å². The van der Waals surface area contributed by atoms with E-state index in [4.69, 9.17) is 26.6 Å². The maximum Gasteiger partial charge on any atom is 0.237 e. The van der Waals surface area contributed by atoms with Crippen LogP contribution in [-0.4, -0.2) is 82.3 Å². The van der Waals surface area contributed by atoms with Crippen LogP contribution in [0.2, 0.25) is 0 Å². The first-order valence-electron chi connectivity index (χ1n) is 14.2. The summed E-state index contributed by atoms with van der Waals surface area (Å²) in [6, 6.07) is 6.06. The summed E-state index contributed by atoms with van der Waals surface area (Å²) in [4.78, 5) is 32.9. The minimum atomic E-state index is -0.746. The summed E-state index contributed by atoms with van der Waals surface area (Å²) < 4.78 is 8.25. The number of aliphatic imine (C=N–C) groups is 3. The van der Waals surface area contributed by atoms with Crippen molar-refractivity contribution in [2.24, 2.45) is 32.4 Å². The number of carbonyl (C=O) groups excluding carboxylic acids is 1. The number of rotatable bonds is 8. The lowest BCUT2D eigenvalue weighted by Crippen LogP contribution is -2.57. The van der Waals surface area contributed by atoms with Gasteiger partial charge in [-0.1, -0.05) is 6.07 Å². The number of nitrogens with zero attached hydrogens (tertiary/aromatic N) is 6. The second-order valence-corrected chi connectivity index (χ2v) is 11.5. The quantitative estimate of drug-likeness (QED) is 0.333. The Morgan fingerprint density at radius 1 is 1.27 bits per heavy atom. The molecule has 2 aliphatic rings. The zero-order chi connectivity index (χ0) is 29.9. The predicted molar refractivity (Wildman–Crippen MR) is 165 cm³/mol. The largest absolute Gasteiger partial charge is 0.491 e. The highest BCUT2D eigenvalue weighted by Crippen LogP contribution is 2.36. The number of nitrogens with one attached hydrogen (secondary N) is 1. The minimum Gasteiger partial charge on any atom is -0.491 e. The molecule has 1 fully saturated rings. The van der Waals surface area contributed by atoms with Crippen molar-refractivity contribution in [3.63, 3.8) is 0 Å². The number of ether oxygens (including phenoxy) is 1. The minimum absolute atomic E-state index is 0.0402. The van der Waals surface area contributed by atoms with Crippen LogP contribution in [0.4, 0.5) is 0 Å². The smallest absolute Gasteiger partial charge is 0.237 e. The zero-order valence-corrected chi connectivity index (χ0v) is 25.0. The molecule has 0 saturated carbocycles. The van der Waals surface area contributed by atoms with E-state index in [1.54, 1.807) is 14.0 Å². The first-order valence-corrected chi connectivity index (χ1v) is 14.2. The summed E-state index contributed by atoms with van der Waals surface area (Å²) in [5.41, 5.74) is 14.2. The molecule has 2 aliphatic heterocycles. The molecule has 1 aromatic carbocycles. The molecule has 0 spiro atoms. The monoisotopic (exact) mass is 561 g/mol. The van der Waals surface area contributed by atoms with E-state index in [-0.39, 0.29) is 23.8 Å². The van der Waals surface area contributed by atoms with Crippen LogP contribution in [-0.2, 0) is 11.3 Å². The van der Waals surface area contributed by atoms with Gasteiger partial charge in [0.05, 0.1) is 29.4 Å². The van der Waals surface area contributed by atoms with E-state index < -0.39 is 5.54 Å². The van der Waals surface area contributed by atoms with E-state index in [0.29, 0.717) is 42.8 Å². The highest BCUT2D eigenvalue weighted by atomic mass is 16.5. The van der Waals surface area contributed by atoms with Gasteiger partial charge in [0.1, 0.15) is 23.9 Å². The molecule has 11 heteroatoms. The Hall–Kier alpha value is -3.86. The van der Waals surface area contributed by atoms with Crippen LogP contribution in [0.5, 0.6) is 5.75 Å². The van der Waals surface area contributed by atoms with E-state index in [1.165, 1.54) is 6.21 Å². The number of imidazole rings is 1. The van der Waals surface area contributed by atoms with Gasteiger partial charge >= 0.3 is 0 Å². The number of likely N-dealkylation sites (tertiary alicyclic amines) is 1. The maximum atomic E-state index is 12.1. The van der Waals surface area contributed by atoms with Crippen LogP contribution in [0.15, 0.2) is 39.4 Å². The number of aromatic nitrogens is 2. The van der Waals surface area contributed by atoms with E-state index in [1.807, 2.05) is 52.1 Å². The van der Waals surface area contributed by atoms with Gasteiger partial charge in [-0.2, -0.15) is 0 Å². The Morgan fingerprint density at radius 2 is 2.02 bits per heavy atom. The van der Waals surface area contributed by atoms with E-state index in [0.717, 1.165) is 42.0 Å². The molecule has 2 aromatic rings. The molecular weight excluding hydrogens is 518 g/mol. The van der Waals surface area contributed by atoms with Crippen LogP contribution in [0.1, 0.15) is 64.6 Å². The molecule has 2 atom stereocenters. The Kier molecular flexibility index (Phi) is 9.06. The molecular formula is C30H43N9O2. The average molecular weight is 562 g/mol. The molecule has 0 bridgehead atoms. The molecule has 220 valence electrons. The first kappa shape index (κ1) is 30.1. The van der Waals surface area contributed by atoms with Crippen molar-refractivity contribution in [2.45, 2.75) is 71.5 Å². The fraction of sp³-hybridized carbons (Fsp3) is 0.533. The SMILES string of the molecule is CN=C(C1CCCN(C(C)(C)C(N)=O)C1)C(C=N)c1ccc2c(c1)OCCn1cc(C(N=C(C)N)=NC(C)C)nc1-2. The summed E-state index contributed by atoms with van der Waals surface area (Å²) in [5.74, 6) is 1.86. The number of nitrogens with two attached hydrogens (primary N) is 2. The van der Waals surface area contributed by atoms with Gasteiger partial charge in [0.2, 0.25) is 5.91 Å². The van der Waals surface area contributed by atoms with Gasteiger partial charge < -0.3 is 26.2 Å². The van der Waals surface area contributed by atoms with Crippen molar-refractivity contribution < 1.29 is 9.53 Å². The number of benzene rings is 1. The third-order valence-corrected chi connectivity index (χ3v) is 7.84. The fourth-order valence-electron chi connectivity index (χ4n) is 5.57. The molecule has 41 heavy (non-hydrogen) atoms. The van der Waals surface area contributed by atoms with E-state index >= 15 is 0 Å². The number of primary amides is 1. The maximum absolute atomic E-state index is 12.1. The van der Waals surface area contributed by atoms with Crippen molar-refractivity contribution in [1.82, 2.24) is 14.5 Å². The number of hydrogen-bond acceptors (Lipinski definition) is 7. The topological polar surface area (TPSA) is 160 Å². The highest BCUT2D eigenvalue weighted by molar-refractivity contribution is 6.05. The highest BCUT2D eigenvalue weighted by Gasteiger charge is 2.38. The third-order valence-electron chi connectivity index (χ3n) is 7.84. The molecule has 1 amide bonds.